The molecule has 2 aromatic heterocycles. The number of hydrogen-bond acceptors (Lipinski definition) is 3. The number of carbonyl (C=O) groups is 2. The minimum atomic E-state index is -0.343. The molecule has 3 heterocycles. The van der Waals surface area contributed by atoms with Crippen LogP contribution in [-0.4, -0.2) is 26.7 Å². The Bertz CT molecular complexity index is 1070. The topological polar surface area (TPSA) is 75.5 Å². The van der Waals surface area contributed by atoms with Gasteiger partial charge in [0.1, 0.15) is 5.65 Å². The van der Waals surface area contributed by atoms with Crippen LogP contribution in [0.5, 0.6) is 0 Å². The summed E-state index contributed by atoms with van der Waals surface area (Å²) in [5.74, 6) is 0.0517. The van der Waals surface area contributed by atoms with E-state index < -0.39 is 0 Å². The zero-order chi connectivity index (χ0) is 21.1. The number of aromatic nitrogens is 2. The van der Waals surface area contributed by atoms with Gasteiger partial charge in [-0.3, -0.25) is 9.59 Å². The van der Waals surface area contributed by atoms with Gasteiger partial charge in [0.2, 0.25) is 11.8 Å². The molecule has 0 spiro atoms. The van der Waals surface area contributed by atoms with Crippen molar-refractivity contribution in [2.75, 3.05) is 0 Å². The van der Waals surface area contributed by atoms with Gasteiger partial charge in [-0.2, -0.15) is 0 Å². The summed E-state index contributed by atoms with van der Waals surface area (Å²) < 4.78 is 2.02. The smallest absolute Gasteiger partial charge is 0.220 e. The molecule has 1 aliphatic heterocycles. The van der Waals surface area contributed by atoms with Crippen LogP contribution in [0.1, 0.15) is 48.2 Å². The number of imidazole rings is 1. The quantitative estimate of drug-likeness (QED) is 0.635. The predicted molar refractivity (Wildman–Crippen MR) is 116 cm³/mol. The molecule has 2 amide bonds. The Balaban J connectivity index is 1.35. The van der Waals surface area contributed by atoms with Crippen LogP contribution in [0.4, 0.5) is 0 Å². The van der Waals surface area contributed by atoms with E-state index in [0.29, 0.717) is 25.8 Å². The van der Waals surface area contributed by atoms with Crippen molar-refractivity contribution >= 4 is 17.5 Å². The molecule has 0 saturated carbocycles. The molecule has 1 fully saturated rings. The molecule has 30 heavy (non-hydrogen) atoms. The van der Waals surface area contributed by atoms with Crippen molar-refractivity contribution in [2.24, 2.45) is 0 Å². The van der Waals surface area contributed by atoms with Crippen LogP contribution in [0.2, 0.25) is 0 Å². The maximum Gasteiger partial charge on any atom is 0.220 e. The highest BCUT2D eigenvalue weighted by Crippen LogP contribution is 2.29. The average Bonchev–Trinajstić information content (AvgIpc) is 3.31. The fourth-order valence-corrected chi connectivity index (χ4v) is 4.19. The fourth-order valence-electron chi connectivity index (χ4n) is 4.19. The van der Waals surface area contributed by atoms with E-state index in [1.807, 2.05) is 35.7 Å². The summed E-state index contributed by atoms with van der Waals surface area (Å²) in [5.41, 5.74) is 4.87. The van der Waals surface area contributed by atoms with Crippen molar-refractivity contribution in [1.82, 2.24) is 20.0 Å². The standard InChI is InChI=1S/C24H28N4O2/c1-17-6-8-19(9-7-17)14-24(13-11-23(30)27-24)12-10-22(29)25-15-20-16-28-18(2)4-3-5-21(28)26-20/h3-9,16H,10-15H2,1-2H3,(H,25,29)(H,27,30)/t24-/m0/s1. The Labute approximate surface area is 176 Å². The summed E-state index contributed by atoms with van der Waals surface area (Å²) in [6, 6.07) is 14.3. The van der Waals surface area contributed by atoms with Gasteiger partial charge in [0.15, 0.2) is 0 Å². The van der Waals surface area contributed by atoms with E-state index in [1.165, 1.54) is 11.1 Å². The fraction of sp³-hybridized carbons (Fsp3) is 0.375. The summed E-state index contributed by atoms with van der Waals surface area (Å²) in [6.07, 6.45) is 4.99. The highest BCUT2D eigenvalue weighted by Gasteiger charge is 2.37. The van der Waals surface area contributed by atoms with Crippen LogP contribution in [-0.2, 0) is 22.6 Å². The third kappa shape index (κ3) is 4.53. The van der Waals surface area contributed by atoms with Crippen LogP contribution < -0.4 is 10.6 Å². The maximum absolute atomic E-state index is 12.5. The van der Waals surface area contributed by atoms with Crippen molar-refractivity contribution in [3.05, 3.63) is 71.2 Å². The maximum atomic E-state index is 12.5. The first kappa shape index (κ1) is 20.1. The van der Waals surface area contributed by atoms with Crippen LogP contribution in [0.15, 0.2) is 48.7 Å². The molecule has 1 aliphatic rings. The zero-order valence-corrected chi connectivity index (χ0v) is 17.6. The third-order valence-electron chi connectivity index (χ3n) is 5.94. The van der Waals surface area contributed by atoms with E-state index in [1.54, 1.807) is 0 Å². The summed E-state index contributed by atoms with van der Waals surface area (Å²) in [4.78, 5) is 29.0. The van der Waals surface area contributed by atoms with E-state index >= 15 is 0 Å². The van der Waals surface area contributed by atoms with E-state index in [0.717, 1.165) is 29.9 Å². The first-order valence-electron chi connectivity index (χ1n) is 10.5. The van der Waals surface area contributed by atoms with Crippen LogP contribution >= 0.6 is 0 Å². The van der Waals surface area contributed by atoms with Crippen LogP contribution in [0, 0.1) is 13.8 Å². The van der Waals surface area contributed by atoms with Crippen molar-refractivity contribution in [3.8, 4) is 0 Å². The third-order valence-corrected chi connectivity index (χ3v) is 5.94. The average molecular weight is 405 g/mol. The molecule has 0 radical (unpaired) electrons. The highest BCUT2D eigenvalue weighted by molar-refractivity contribution is 5.80. The molecule has 1 saturated heterocycles. The molecular weight excluding hydrogens is 376 g/mol. The number of pyridine rings is 1. The van der Waals surface area contributed by atoms with Crippen molar-refractivity contribution in [1.29, 1.82) is 0 Å². The number of hydrogen-bond donors (Lipinski definition) is 2. The Hall–Kier alpha value is -3.15. The molecule has 3 aromatic rings. The lowest BCUT2D eigenvalue weighted by Crippen LogP contribution is -2.44. The van der Waals surface area contributed by atoms with Gasteiger partial charge >= 0.3 is 0 Å². The van der Waals surface area contributed by atoms with Crippen molar-refractivity contribution in [3.63, 3.8) is 0 Å². The normalized spacial score (nSPS) is 18.5. The molecule has 6 nitrogen and oxygen atoms in total. The van der Waals surface area contributed by atoms with Gasteiger partial charge in [-0.25, -0.2) is 4.98 Å². The number of carbonyl (C=O) groups excluding carboxylic acids is 2. The zero-order valence-electron chi connectivity index (χ0n) is 17.6. The molecule has 1 aromatic carbocycles. The van der Waals surface area contributed by atoms with Crippen molar-refractivity contribution < 1.29 is 9.59 Å². The molecule has 0 bridgehead atoms. The molecule has 0 unspecified atom stereocenters. The Morgan fingerprint density at radius 2 is 2.00 bits per heavy atom. The van der Waals surface area contributed by atoms with Gasteiger partial charge in [-0.05, 0) is 50.8 Å². The largest absolute Gasteiger partial charge is 0.350 e. The van der Waals surface area contributed by atoms with Gasteiger partial charge < -0.3 is 15.0 Å². The molecule has 6 heteroatoms. The number of nitrogens with one attached hydrogen (secondary N) is 2. The van der Waals surface area contributed by atoms with Gasteiger partial charge in [-0.1, -0.05) is 35.9 Å². The summed E-state index contributed by atoms with van der Waals surface area (Å²) >= 11 is 0. The van der Waals surface area contributed by atoms with Crippen molar-refractivity contribution in [2.45, 2.75) is 58.0 Å². The first-order valence-corrected chi connectivity index (χ1v) is 10.5. The van der Waals surface area contributed by atoms with Crippen LogP contribution in [0.25, 0.3) is 5.65 Å². The summed E-state index contributed by atoms with van der Waals surface area (Å²) in [5, 5.41) is 6.12. The predicted octanol–water partition coefficient (Wildman–Crippen LogP) is 3.24. The minimum Gasteiger partial charge on any atom is -0.350 e. The number of amides is 2. The second-order valence-electron chi connectivity index (χ2n) is 8.40. The molecule has 1 atom stereocenters. The monoisotopic (exact) mass is 404 g/mol. The number of aryl methyl sites for hydroxylation is 2. The van der Waals surface area contributed by atoms with Crippen LogP contribution in [0.3, 0.4) is 0 Å². The van der Waals surface area contributed by atoms with E-state index in [9.17, 15) is 9.59 Å². The lowest BCUT2D eigenvalue weighted by atomic mass is 9.84. The molecule has 4 rings (SSSR count). The van der Waals surface area contributed by atoms with Gasteiger partial charge in [-0.15, -0.1) is 0 Å². The summed E-state index contributed by atoms with van der Waals surface area (Å²) in [6.45, 7) is 4.49. The molecule has 2 N–H and O–H groups in total. The number of rotatable bonds is 7. The molecule has 0 aliphatic carbocycles. The van der Waals surface area contributed by atoms with Gasteiger partial charge in [0, 0.05) is 30.3 Å². The highest BCUT2D eigenvalue weighted by atomic mass is 16.2. The number of fused-ring (bicyclic) bond motifs is 1. The second kappa shape index (κ2) is 8.30. The molecular formula is C24H28N4O2. The lowest BCUT2D eigenvalue weighted by molar-refractivity contribution is -0.122. The Morgan fingerprint density at radius 1 is 1.20 bits per heavy atom. The first-order chi connectivity index (χ1) is 14.4. The Kier molecular flexibility index (Phi) is 5.57. The minimum absolute atomic E-state index is 0.0202. The van der Waals surface area contributed by atoms with E-state index in [-0.39, 0.29) is 17.4 Å². The number of benzene rings is 1. The molecule has 156 valence electrons. The lowest BCUT2D eigenvalue weighted by Gasteiger charge is -2.29. The Morgan fingerprint density at radius 3 is 2.70 bits per heavy atom. The van der Waals surface area contributed by atoms with Gasteiger partial charge in [0.25, 0.3) is 0 Å². The second-order valence-corrected chi connectivity index (χ2v) is 8.40. The van der Waals surface area contributed by atoms with E-state index in [2.05, 4.69) is 46.8 Å². The SMILES string of the molecule is Cc1ccc(C[C@]2(CCC(=O)NCc3cn4c(C)cccc4n3)CCC(=O)N2)cc1. The number of nitrogens with zero attached hydrogens (tertiary/aromatic N) is 2. The van der Waals surface area contributed by atoms with E-state index in [4.69, 9.17) is 0 Å². The summed E-state index contributed by atoms with van der Waals surface area (Å²) in [7, 11) is 0. The van der Waals surface area contributed by atoms with Gasteiger partial charge in [0.05, 0.1) is 12.2 Å².